The number of halogens is 1. The quantitative estimate of drug-likeness (QED) is 0.747. The van der Waals surface area contributed by atoms with Crippen molar-refractivity contribution in [2.75, 3.05) is 27.3 Å². The first-order valence-electron chi connectivity index (χ1n) is 5.72. The second-order valence-corrected chi connectivity index (χ2v) is 4.27. The highest BCUT2D eigenvalue weighted by Crippen LogP contribution is 2.22. The molecule has 0 atom stereocenters. The lowest BCUT2D eigenvalue weighted by Gasteiger charge is -2.17. The lowest BCUT2D eigenvalue weighted by Crippen LogP contribution is -2.33. The van der Waals surface area contributed by atoms with Gasteiger partial charge in [-0.15, -0.1) is 0 Å². The van der Waals surface area contributed by atoms with E-state index in [4.69, 9.17) is 16.3 Å². The molecule has 1 rings (SSSR count). The zero-order valence-electron chi connectivity index (χ0n) is 10.9. The Bertz CT molecular complexity index is 450. The van der Waals surface area contributed by atoms with Crippen LogP contribution < -0.4 is 4.74 Å². The Balaban J connectivity index is 2.38. The maximum absolute atomic E-state index is 11.7. The van der Waals surface area contributed by atoms with Crippen LogP contribution in [0.3, 0.4) is 0 Å². The minimum atomic E-state index is -0.355. The van der Waals surface area contributed by atoms with E-state index in [1.54, 1.807) is 31.3 Å². The van der Waals surface area contributed by atoms with Crippen molar-refractivity contribution in [2.24, 2.45) is 0 Å². The second kappa shape index (κ2) is 7.63. The minimum absolute atomic E-state index is 0.124. The largest absolute Gasteiger partial charge is 0.482 e. The second-order valence-electron chi connectivity index (χ2n) is 3.86. The predicted octanol–water partition coefficient (Wildman–Crippen LogP) is 1.74. The van der Waals surface area contributed by atoms with Gasteiger partial charge in [0.1, 0.15) is 5.75 Å². The number of methoxy groups -OCH3 is 1. The molecule has 0 N–H and O–H groups in total. The van der Waals surface area contributed by atoms with E-state index in [1.807, 2.05) is 0 Å². The smallest absolute Gasteiger partial charge is 0.307 e. The monoisotopic (exact) mass is 285 g/mol. The first kappa shape index (κ1) is 15.3. The topological polar surface area (TPSA) is 55.8 Å². The maximum atomic E-state index is 11.7. The number of likely N-dealkylation sites (N-methyl/N-ethyl adjacent to an activating group) is 1. The Morgan fingerprint density at radius 3 is 2.63 bits per heavy atom. The molecule has 6 heteroatoms. The fraction of sp³-hybridized carbons (Fsp3) is 0.385. The molecular weight excluding hydrogens is 270 g/mol. The summed E-state index contributed by atoms with van der Waals surface area (Å²) in [5.74, 6) is -0.130. The number of nitrogens with zero attached hydrogens (tertiary/aromatic N) is 1. The SMILES string of the molecule is COC(=O)CCN(C)C(=O)COc1ccccc1Cl. The summed E-state index contributed by atoms with van der Waals surface area (Å²) < 4.78 is 9.81. The van der Waals surface area contributed by atoms with E-state index in [-0.39, 0.29) is 31.4 Å². The molecule has 19 heavy (non-hydrogen) atoms. The van der Waals surface area contributed by atoms with Gasteiger partial charge in [0.2, 0.25) is 0 Å². The molecule has 0 saturated carbocycles. The molecule has 0 radical (unpaired) electrons. The highest BCUT2D eigenvalue weighted by molar-refractivity contribution is 6.32. The molecule has 1 aromatic rings. The molecule has 0 bridgehead atoms. The molecule has 5 nitrogen and oxygen atoms in total. The van der Waals surface area contributed by atoms with Crippen molar-refractivity contribution in [3.05, 3.63) is 29.3 Å². The van der Waals surface area contributed by atoms with Crippen molar-refractivity contribution in [1.29, 1.82) is 0 Å². The van der Waals surface area contributed by atoms with Crippen LogP contribution >= 0.6 is 11.6 Å². The fourth-order valence-electron chi connectivity index (χ4n) is 1.30. The van der Waals surface area contributed by atoms with Gasteiger partial charge in [0.25, 0.3) is 5.91 Å². The number of ether oxygens (including phenoxy) is 2. The summed E-state index contributed by atoms with van der Waals surface area (Å²) in [4.78, 5) is 24.1. The van der Waals surface area contributed by atoms with Crippen LogP contribution in [0.4, 0.5) is 0 Å². The van der Waals surface area contributed by atoms with Crippen molar-refractivity contribution in [2.45, 2.75) is 6.42 Å². The number of hydrogen-bond acceptors (Lipinski definition) is 4. The molecule has 0 unspecified atom stereocenters. The first-order chi connectivity index (χ1) is 9.04. The van der Waals surface area contributed by atoms with Gasteiger partial charge in [-0.05, 0) is 12.1 Å². The van der Waals surface area contributed by atoms with Crippen molar-refractivity contribution >= 4 is 23.5 Å². The summed E-state index contributed by atoms with van der Waals surface area (Å²) in [6.07, 6.45) is 0.158. The Morgan fingerprint density at radius 1 is 1.32 bits per heavy atom. The average molecular weight is 286 g/mol. The van der Waals surface area contributed by atoms with Gasteiger partial charge < -0.3 is 14.4 Å². The van der Waals surface area contributed by atoms with Crippen molar-refractivity contribution in [3.63, 3.8) is 0 Å². The van der Waals surface area contributed by atoms with Crippen molar-refractivity contribution in [3.8, 4) is 5.75 Å². The first-order valence-corrected chi connectivity index (χ1v) is 6.10. The predicted molar refractivity (Wildman–Crippen MR) is 71.2 cm³/mol. The van der Waals surface area contributed by atoms with Gasteiger partial charge in [0.05, 0.1) is 18.6 Å². The summed E-state index contributed by atoms with van der Waals surface area (Å²) in [6, 6.07) is 6.92. The van der Waals surface area contributed by atoms with Crippen LogP contribution in [-0.2, 0) is 14.3 Å². The van der Waals surface area contributed by atoms with Crippen LogP contribution in [-0.4, -0.2) is 44.1 Å². The number of carbonyl (C=O) groups is 2. The van der Waals surface area contributed by atoms with Gasteiger partial charge in [-0.1, -0.05) is 23.7 Å². The third-order valence-electron chi connectivity index (χ3n) is 2.49. The lowest BCUT2D eigenvalue weighted by molar-refractivity contribution is -0.141. The van der Waals surface area contributed by atoms with Crippen LogP contribution in [0.15, 0.2) is 24.3 Å². The summed E-state index contributed by atoms with van der Waals surface area (Å²) in [5.41, 5.74) is 0. The molecule has 0 heterocycles. The number of esters is 1. The zero-order valence-corrected chi connectivity index (χ0v) is 11.6. The molecule has 1 amide bonds. The third kappa shape index (κ3) is 5.18. The zero-order chi connectivity index (χ0) is 14.3. The Morgan fingerprint density at radius 2 is 2.00 bits per heavy atom. The number of carbonyl (C=O) groups excluding carboxylic acids is 2. The van der Waals surface area contributed by atoms with Crippen LogP contribution in [0.2, 0.25) is 5.02 Å². The van der Waals surface area contributed by atoms with E-state index in [1.165, 1.54) is 12.0 Å². The molecular formula is C13H16ClNO4. The van der Waals surface area contributed by atoms with Crippen molar-refractivity contribution in [1.82, 2.24) is 4.90 Å². The minimum Gasteiger partial charge on any atom is -0.482 e. The number of rotatable bonds is 6. The van der Waals surface area contributed by atoms with Crippen LogP contribution in [0.1, 0.15) is 6.42 Å². The summed E-state index contributed by atoms with van der Waals surface area (Å²) >= 11 is 5.90. The Labute approximate surface area is 117 Å². The van der Waals surface area contributed by atoms with E-state index in [0.717, 1.165) is 0 Å². The molecule has 0 aliphatic carbocycles. The number of hydrogen-bond donors (Lipinski definition) is 0. The van der Waals surface area contributed by atoms with Crippen LogP contribution in [0.5, 0.6) is 5.75 Å². The number of amides is 1. The Kier molecular flexibility index (Phi) is 6.15. The van der Waals surface area contributed by atoms with Crippen molar-refractivity contribution < 1.29 is 19.1 Å². The summed E-state index contributed by atoms with van der Waals surface area (Å²) in [5, 5.41) is 0.451. The van der Waals surface area contributed by atoms with Gasteiger partial charge in [0, 0.05) is 13.6 Å². The summed E-state index contributed by atoms with van der Waals surface area (Å²) in [6.45, 7) is 0.165. The van der Waals surface area contributed by atoms with Gasteiger partial charge >= 0.3 is 5.97 Å². The van der Waals surface area contributed by atoms with E-state index < -0.39 is 0 Å². The molecule has 0 aliphatic heterocycles. The molecule has 0 saturated heterocycles. The van der Waals surface area contributed by atoms with Gasteiger partial charge in [-0.2, -0.15) is 0 Å². The van der Waals surface area contributed by atoms with Crippen LogP contribution in [0.25, 0.3) is 0 Å². The van der Waals surface area contributed by atoms with Crippen LogP contribution in [0, 0.1) is 0 Å². The molecule has 0 fully saturated rings. The highest BCUT2D eigenvalue weighted by atomic mass is 35.5. The van der Waals surface area contributed by atoms with E-state index in [9.17, 15) is 9.59 Å². The van der Waals surface area contributed by atoms with E-state index in [0.29, 0.717) is 10.8 Å². The highest BCUT2D eigenvalue weighted by Gasteiger charge is 2.12. The lowest BCUT2D eigenvalue weighted by atomic mass is 10.3. The average Bonchev–Trinajstić information content (AvgIpc) is 2.43. The maximum Gasteiger partial charge on any atom is 0.307 e. The normalized spacial score (nSPS) is 9.84. The molecule has 0 spiro atoms. The van der Waals surface area contributed by atoms with Gasteiger partial charge in [0.15, 0.2) is 6.61 Å². The van der Waals surface area contributed by atoms with E-state index in [2.05, 4.69) is 4.74 Å². The number of para-hydroxylation sites is 1. The Hall–Kier alpha value is -1.75. The number of benzene rings is 1. The molecule has 104 valence electrons. The molecule has 0 aromatic heterocycles. The van der Waals surface area contributed by atoms with Gasteiger partial charge in [-0.25, -0.2) is 0 Å². The summed E-state index contributed by atoms with van der Waals surface area (Å²) in [7, 11) is 2.91. The van der Waals surface area contributed by atoms with Gasteiger partial charge in [-0.3, -0.25) is 9.59 Å². The molecule has 1 aromatic carbocycles. The standard InChI is InChI=1S/C13H16ClNO4/c1-15(8-7-13(17)18-2)12(16)9-19-11-6-4-3-5-10(11)14/h3-6H,7-9H2,1-2H3. The van der Waals surface area contributed by atoms with E-state index >= 15 is 0 Å². The molecule has 0 aliphatic rings. The third-order valence-corrected chi connectivity index (χ3v) is 2.80. The fourth-order valence-corrected chi connectivity index (χ4v) is 1.49.